The first-order valence-electron chi connectivity index (χ1n) is 8.17. The summed E-state index contributed by atoms with van der Waals surface area (Å²) in [5.41, 5.74) is 5.25. The van der Waals surface area contributed by atoms with Crippen LogP contribution in [0.15, 0.2) is 78.6 Å². The van der Waals surface area contributed by atoms with E-state index in [4.69, 9.17) is 11.6 Å². The molecule has 0 bridgehead atoms. The lowest BCUT2D eigenvalue weighted by Crippen LogP contribution is -1.91. The van der Waals surface area contributed by atoms with Gasteiger partial charge in [-0.15, -0.1) is 0 Å². The topological polar surface area (TPSA) is 30.2 Å². The van der Waals surface area contributed by atoms with Crippen molar-refractivity contribution in [2.45, 2.75) is 10.8 Å². The summed E-state index contributed by atoms with van der Waals surface area (Å²) in [6.07, 6.45) is 5.50. The fraction of sp³-hybridized carbons (Fsp3) is 0.0476. The van der Waals surface area contributed by atoms with Crippen LogP contribution < -0.4 is 0 Å². The van der Waals surface area contributed by atoms with Crippen molar-refractivity contribution in [2.24, 2.45) is 0 Å². The Morgan fingerprint density at radius 1 is 1.12 bits per heavy atom. The summed E-state index contributed by atoms with van der Waals surface area (Å²) in [5.74, 6) is 0.849. The van der Waals surface area contributed by atoms with Gasteiger partial charge in [0.2, 0.25) is 0 Å². The Balaban J connectivity index is 1.61. The molecule has 0 unspecified atom stereocenters. The summed E-state index contributed by atoms with van der Waals surface area (Å²) in [6, 6.07) is 18.2. The predicted molar refractivity (Wildman–Crippen MR) is 110 cm³/mol. The Labute approximate surface area is 161 Å². The molecule has 2 aromatic heterocycles. The van der Waals surface area contributed by atoms with E-state index in [1.165, 1.54) is 5.56 Å². The molecule has 3 nitrogen and oxygen atoms in total. The number of hydrogen-bond acceptors (Lipinski definition) is 3. The number of halogens is 1. The lowest BCUT2D eigenvalue weighted by atomic mass is 10.1. The molecule has 5 heteroatoms. The van der Waals surface area contributed by atoms with Crippen LogP contribution in [0.4, 0.5) is 0 Å². The molecular formula is C21H16ClN3S. The number of thioether (sulfide) groups is 1. The molecule has 0 radical (unpaired) electrons. The fourth-order valence-electron chi connectivity index (χ4n) is 2.70. The van der Waals surface area contributed by atoms with Gasteiger partial charge in [-0.05, 0) is 29.3 Å². The number of rotatable bonds is 5. The van der Waals surface area contributed by atoms with Crippen LogP contribution in [-0.4, -0.2) is 14.6 Å². The maximum Gasteiger partial charge on any atom is 0.122 e. The lowest BCUT2D eigenvalue weighted by Gasteiger charge is -2.03. The van der Waals surface area contributed by atoms with E-state index in [1.54, 1.807) is 18.0 Å². The first kappa shape index (κ1) is 16.9. The van der Waals surface area contributed by atoms with E-state index in [0.29, 0.717) is 5.02 Å². The average molecular weight is 378 g/mol. The maximum absolute atomic E-state index is 6.11. The van der Waals surface area contributed by atoms with Gasteiger partial charge in [-0.25, -0.2) is 9.50 Å². The SMILES string of the molecule is C=Cc1ccc(CSc2nccn3nc(-c4cccc(Cl)c4)cc23)cc1. The van der Waals surface area contributed by atoms with Crippen LogP contribution in [0.3, 0.4) is 0 Å². The molecule has 26 heavy (non-hydrogen) atoms. The molecule has 0 fully saturated rings. The summed E-state index contributed by atoms with van der Waals surface area (Å²) in [5, 5.41) is 6.32. The molecule has 4 rings (SSSR count). The summed E-state index contributed by atoms with van der Waals surface area (Å²) in [4.78, 5) is 4.54. The van der Waals surface area contributed by atoms with Crippen LogP contribution in [0.25, 0.3) is 22.9 Å². The van der Waals surface area contributed by atoms with Gasteiger partial charge in [-0.2, -0.15) is 5.10 Å². The van der Waals surface area contributed by atoms with Crippen LogP contribution in [0.2, 0.25) is 5.02 Å². The minimum absolute atomic E-state index is 0.704. The number of nitrogens with zero attached hydrogens (tertiary/aromatic N) is 3. The monoisotopic (exact) mass is 377 g/mol. The van der Waals surface area contributed by atoms with Crippen molar-refractivity contribution in [1.29, 1.82) is 0 Å². The van der Waals surface area contributed by atoms with E-state index in [1.807, 2.05) is 41.1 Å². The van der Waals surface area contributed by atoms with Crippen LogP contribution in [-0.2, 0) is 5.75 Å². The molecule has 4 aromatic rings. The van der Waals surface area contributed by atoms with Gasteiger partial charge < -0.3 is 0 Å². The molecule has 0 saturated carbocycles. The van der Waals surface area contributed by atoms with E-state index in [-0.39, 0.29) is 0 Å². The normalized spacial score (nSPS) is 11.0. The predicted octanol–water partition coefficient (Wildman–Crippen LogP) is 5.99. The third kappa shape index (κ3) is 3.52. The smallest absolute Gasteiger partial charge is 0.122 e. The van der Waals surface area contributed by atoms with Gasteiger partial charge in [0, 0.05) is 28.7 Å². The molecule has 0 saturated heterocycles. The van der Waals surface area contributed by atoms with E-state index < -0.39 is 0 Å². The highest BCUT2D eigenvalue weighted by Gasteiger charge is 2.10. The molecule has 0 aliphatic carbocycles. The van der Waals surface area contributed by atoms with E-state index in [2.05, 4.69) is 47.0 Å². The van der Waals surface area contributed by atoms with Gasteiger partial charge in [0.25, 0.3) is 0 Å². The van der Waals surface area contributed by atoms with Crippen LogP contribution >= 0.6 is 23.4 Å². The van der Waals surface area contributed by atoms with Crippen LogP contribution in [0.1, 0.15) is 11.1 Å². The average Bonchev–Trinajstić information content (AvgIpc) is 3.12. The van der Waals surface area contributed by atoms with Crippen molar-refractivity contribution in [3.63, 3.8) is 0 Å². The molecule has 0 aliphatic heterocycles. The van der Waals surface area contributed by atoms with Gasteiger partial charge in [0.1, 0.15) is 5.03 Å². The summed E-state index contributed by atoms with van der Waals surface area (Å²) >= 11 is 7.81. The largest absolute Gasteiger partial charge is 0.246 e. The zero-order valence-corrected chi connectivity index (χ0v) is 15.5. The highest BCUT2D eigenvalue weighted by atomic mass is 35.5. The summed E-state index contributed by atoms with van der Waals surface area (Å²) in [6.45, 7) is 3.79. The first-order chi connectivity index (χ1) is 12.7. The molecule has 128 valence electrons. The van der Waals surface area contributed by atoms with Gasteiger partial charge in [0.15, 0.2) is 0 Å². The molecule has 2 aromatic carbocycles. The fourth-order valence-corrected chi connectivity index (χ4v) is 3.82. The lowest BCUT2D eigenvalue weighted by molar-refractivity contribution is 0.920. The minimum Gasteiger partial charge on any atom is -0.246 e. The molecule has 0 N–H and O–H groups in total. The maximum atomic E-state index is 6.11. The van der Waals surface area contributed by atoms with Gasteiger partial charge in [0.05, 0.1) is 11.2 Å². The third-order valence-corrected chi connectivity index (χ3v) is 5.37. The number of fused-ring (bicyclic) bond motifs is 1. The molecule has 0 aliphatic rings. The van der Waals surface area contributed by atoms with Crippen molar-refractivity contribution in [2.75, 3.05) is 0 Å². The van der Waals surface area contributed by atoms with Gasteiger partial charge in [-0.1, -0.05) is 72.4 Å². The van der Waals surface area contributed by atoms with Gasteiger partial charge >= 0.3 is 0 Å². The van der Waals surface area contributed by atoms with Crippen LogP contribution in [0, 0.1) is 0 Å². The Morgan fingerprint density at radius 3 is 2.73 bits per heavy atom. The molecule has 2 heterocycles. The molecule has 0 atom stereocenters. The second-order valence-electron chi connectivity index (χ2n) is 5.84. The molecule has 0 amide bonds. The van der Waals surface area contributed by atoms with Crippen molar-refractivity contribution in [3.8, 4) is 11.3 Å². The number of aromatic nitrogens is 3. The van der Waals surface area contributed by atoms with E-state index in [0.717, 1.165) is 33.1 Å². The van der Waals surface area contributed by atoms with Crippen molar-refractivity contribution in [3.05, 3.63) is 89.7 Å². The quantitative estimate of drug-likeness (QED) is 0.400. The second-order valence-corrected chi connectivity index (χ2v) is 7.24. The van der Waals surface area contributed by atoms with Crippen molar-refractivity contribution in [1.82, 2.24) is 14.6 Å². The third-order valence-electron chi connectivity index (χ3n) is 4.07. The number of benzene rings is 2. The Hall–Kier alpha value is -2.56. The Kier molecular flexibility index (Phi) is 4.78. The highest BCUT2D eigenvalue weighted by Crippen LogP contribution is 2.29. The zero-order chi connectivity index (χ0) is 17.9. The van der Waals surface area contributed by atoms with Gasteiger partial charge in [-0.3, -0.25) is 0 Å². The minimum atomic E-state index is 0.704. The van der Waals surface area contributed by atoms with E-state index in [9.17, 15) is 0 Å². The summed E-state index contributed by atoms with van der Waals surface area (Å²) < 4.78 is 1.87. The standard InChI is InChI=1S/C21H16ClN3S/c1-2-15-6-8-16(9-7-15)14-26-21-20-13-19(24-25(20)11-10-23-21)17-4-3-5-18(22)12-17/h2-13H,1,14H2. The zero-order valence-electron chi connectivity index (χ0n) is 14.0. The van der Waals surface area contributed by atoms with E-state index >= 15 is 0 Å². The second kappa shape index (κ2) is 7.36. The van der Waals surface area contributed by atoms with Crippen molar-refractivity contribution < 1.29 is 0 Å². The number of hydrogen-bond donors (Lipinski definition) is 0. The molecule has 0 spiro atoms. The van der Waals surface area contributed by atoms with Crippen molar-refractivity contribution >= 4 is 35.0 Å². The Bertz CT molecular complexity index is 1070. The molecular weight excluding hydrogens is 362 g/mol. The first-order valence-corrected chi connectivity index (χ1v) is 9.54. The Morgan fingerprint density at radius 2 is 1.96 bits per heavy atom. The summed E-state index contributed by atoms with van der Waals surface area (Å²) in [7, 11) is 0. The highest BCUT2D eigenvalue weighted by molar-refractivity contribution is 7.98. The van der Waals surface area contributed by atoms with Crippen LogP contribution in [0.5, 0.6) is 0 Å².